The van der Waals surface area contributed by atoms with Gasteiger partial charge in [-0.25, -0.2) is 5.84 Å². The molecule has 1 aromatic rings. The Hall–Kier alpha value is -2.12. The van der Waals surface area contributed by atoms with Crippen molar-refractivity contribution < 1.29 is 9.90 Å². The van der Waals surface area contributed by atoms with Crippen molar-refractivity contribution in [3.63, 3.8) is 0 Å². The Bertz CT molecular complexity index is 552. The van der Waals surface area contributed by atoms with Crippen LogP contribution in [0.3, 0.4) is 0 Å². The van der Waals surface area contributed by atoms with Gasteiger partial charge in [0.1, 0.15) is 5.84 Å². The van der Waals surface area contributed by atoms with Gasteiger partial charge in [0.2, 0.25) is 0 Å². The monoisotopic (exact) mass is 379 g/mol. The van der Waals surface area contributed by atoms with Gasteiger partial charge in [-0.15, -0.1) is 0 Å². The molecule has 7 heteroatoms. The van der Waals surface area contributed by atoms with Gasteiger partial charge < -0.3 is 21.7 Å². The Labute approximate surface area is 163 Å². The van der Waals surface area contributed by atoms with Crippen LogP contribution in [0, 0.1) is 18.8 Å². The molecule has 1 aliphatic heterocycles. The second-order valence-corrected chi connectivity index (χ2v) is 6.71. The molecule has 2 unspecified atom stereocenters. The number of carbonyl (C=O) groups is 1. The highest BCUT2D eigenvalue weighted by Gasteiger charge is 2.23. The van der Waals surface area contributed by atoms with E-state index in [1.54, 1.807) is 0 Å². The fourth-order valence-corrected chi connectivity index (χ4v) is 2.74. The van der Waals surface area contributed by atoms with Gasteiger partial charge in [-0.3, -0.25) is 4.79 Å². The maximum Gasteiger partial charge on any atom is 0.307 e. The molecular weight excluding hydrogens is 342 g/mol. The van der Waals surface area contributed by atoms with E-state index in [4.69, 9.17) is 16.8 Å². The summed E-state index contributed by atoms with van der Waals surface area (Å²) in [6.45, 7) is 12.1. The molecule has 0 amide bonds. The van der Waals surface area contributed by atoms with Gasteiger partial charge in [0.15, 0.2) is 0 Å². The van der Waals surface area contributed by atoms with Crippen LogP contribution in [0.1, 0.15) is 57.6 Å². The fraction of sp³-hybridized carbons (Fsp3) is 0.600. The summed E-state index contributed by atoms with van der Waals surface area (Å²) in [5.74, 6) is 9.74. The summed E-state index contributed by atoms with van der Waals surface area (Å²) in [7, 11) is 0. The second kappa shape index (κ2) is 14.0. The van der Waals surface area contributed by atoms with Crippen LogP contribution < -0.4 is 22.4 Å². The van der Waals surface area contributed by atoms with Gasteiger partial charge in [0.05, 0.1) is 5.92 Å². The maximum atomic E-state index is 10.7. The SMILES string of the molecule is CC.CC(C)C(C/C(=N/N)NN)C(=O)O.Cc1ccc(C2CCNC2)cc1. The summed E-state index contributed by atoms with van der Waals surface area (Å²) in [5.41, 5.74) is 5.10. The van der Waals surface area contributed by atoms with Crippen molar-refractivity contribution in [3.8, 4) is 0 Å². The number of rotatable bonds is 5. The molecule has 7 nitrogen and oxygen atoms in total. The number of hydrazone groups is 1. The van der Waals surface area contributed by atoms with E-state index >= 15 is 0 Å². The van der Waals surface area contributed by atoms with Gasteiger partial charge in [0, 0.05) is 13.0 Å². The molecule has 1 heterocycles. The Morgan fingerprint density at radius 1 is 1.33 bits per heavy atom. The van der Waals surface area contributed by atoms with Crippen LogP contribution >= 0.6 is 0 Å². The minimum absolute atomic E-state index is 0.0163. The molecule has 7 N–H and O–H groups in total. The summed E-state index contributed by atoms with van der Waals surface area (Å²) in [4.78, 5) is 10.7. The highest BCUT2D eigenvalue weighted by Crippen LogP contribution is 2.22. The first kappa shape index (κ1) is 24.9. The van der Waals surface area contributed by atoms with E-state index in [0.29, 0.717) is 5.84 Å². The lowest BCUT2D eigenvalue weighted by molar-refractivity contribution is -0.142. The minimum atomic E-state index is -0.869. The van der Waals surface area contributed by atoms with Crippen molar-refractivity contribution in [2.45, 2.75) is 53.4 Å². The number of hydrazine groups is 1. The number of aryl methyl sites for hydroxylation is 1. The lowest BCUT2D eigenvalue weighted by atomic mass is 9.92. The van der Waals surface area contributed by atoms with Gasteiger partial charge in [-0.2, -0.15) is 5.10 Å². The highest BCUT2D eigenvalue weighted by atomic mass is 16.4. The van der Waals surface area contributed by atoms with Crippen molar-refractivity contribution in [2.24, 2.45) is 28.6 Å². The molecule has 0 radical (unpaired) electrons. The summed E-state index contributed by atoms with van der Waals surface area (Å²) in [5, 5.41) is 15.5. The molecule has 0 spiro atoms. The standard InChI is InChI=1S/C11H15N.C7H16N4O2.C2H6/c1-9-2-4-10(5-3-9)11-6-7-12-8-11;1-4(2)5(7(12)13)3-6(10-8)11-9;1-2/h2-5,11-12H,6-8H2,1H3;4-5H,3,8-9H2,1-2H3,(H,10,11)(H,12,13);1-2H3. The molecule has 1 saturated heterocycles. The fourth-order valence-electron chi connectivity index (χ4n) is 2.74. The van der Waals surface area contributed by atoms with E-state index in [2.05, 4.69) is 47.0 Å². The van der Waals surface area contributed by atoms with Gasteiger partial charge in [-0.1, -0.05) is 57.5 Å². The zero-order valence-corrected chi connectivity index (χ0v) is 17.3. The molecule has 2 rings (SSSR count). The molecule has 2 atom stereocenters. The average Bonchev–Trinajstić information content (AvgIpc) is 3.19. The zero-order chi connectivity index (χ0) is 20.8. The largest absolute Gasteiger partial charge is 0.481 e. The molecule has 1 aromatic carbocycles. The maximum absolute atomic E-state index is 10.7. The van der Waals surface area contributed by atoms with E-state index < -0.39 is 11.9 Å². The Morgan fingerprint density at radius 3 is 2.30 bits per heavy atom. The van der Waals surface area contributed by atoms with Gasteiger partial charge >= 0.3 is 5.97 Å². The number of hydrogen-bond acceptors (Lipinski definition) is 5. The number of nitrogens with one attached hydrogen (secondary N) is 2. The number of carboxylic acid groups (broad SMARTS) is 1. The van der Waals surface area contributed by atoms with Crippen molar-refractivity contribution in [1.29, 1.82) is 0 Å². The summed E-state index contributed by atoms with van der Waals surface area (Å²) >= 11 is 0. The number of hydrogen-bond donors (Lipinski definition) is 5. The van der Waals surface area contributed by atoms with E-state index in [9.17, 15) is 4.79 Å². The number of amidine groups is 1. The van der Waals surface area contributed by atoms with Gasteiger partial charge in [-0.05, 0) is 37.3 Å². The smallest absolute Gasteiger partial charge is 0.307 e. The zero-order valence-electron chi connectivity index (χ0n) is 17.3. The lowest BCUT2D eigenvalue weighted by Gasteiger charge is -2.16. The molecule has 1 aliphatic rings. The molecule has 27 heavy (non-hydrogen) atoms. The first-order valence-corrected chi connectivity index (χ1v) is 9.62. The minimum Gasteiger partial charge on any atom is -0.481 e. The summed E-state index contributed by atoms with van der Waals surface area (Å²) < 4.78 is 0. The first-order valence-electron chi connectivity index (χ1n) is 9.62. The molecule has 0 bridgehead atoms. The Balaban J connectivity index is 0.000000459. The van der Waals surface area contributed by atoms with E-state index in [1.165, 1.54) is 24.1 Å². The first-order chi connectivity index (χ1) is 12.9. The van der Waals surface area contributed by atoms with E-state index in [0.717, 1.165) is 12.5 Å². The van der Waals surface area contributed by atoms with Crippen LogP contribution in [-0.2, 0) is 4.79 Å². The van der Waals surface area contributed by atoms with E-state index in [1.807, 2.05) is 27.7 Å². The van der Waals surface area contributed by atoms with Crippen LogP contribution in [0.15, 0.2) is 29.4 Å². The number of nitrogens with two attached hydrogens (primary N) is 2. The number of nitrogens with zero attached hydrogens (tertiary/aromatic N) is 1. The second-order valence-electron chi connectivity index (χ2n) is 6.71. The van der Waals surface area contributed by atoms with Crippen molar-refractivity contribution >= 4 is 11.8 Å². The van der Waals surface area contributed by atoms with Crippen LogP contribution in [0.4, 0.5) is 0 Å². The Kier molecular flexibility index (Phi) is 12.9. The number of carboxylic acids is 1. The number of aliphatic carboxylic acids is 1. The molecule has 0 aromatic heterocycles. The third-order valence-electron chi connectivity index (χ3n) is 4.47. The predicted octanol–water partition coefficient (Wildman–Crippen LogP) is 2.57. The summed E-state index contributed by atoms with van der Waals surface area (Å²) in [6.07, 6.45) is 1.52. The van der Waals surface area contributed by atoms with E-state index in [-0.39, 0.29) is 12.3 Å². The molecule has 0 aliphatic carbocycles. The van der Waals surface area contributed by atoms with Crippen LogP contribution in [0.2, 0.25) is 0 Å². The molecular formula is C20H37N5O2. The molecule has 0 saturated carbocycles. The van der Waals surface area contributed by atoms with Crippen LogP contribution in [-0.4, -0.2) is 30.0 Å². The normalized spacial score (nSPS) is 17.3. The molecule has 154 valence electrons. The van der Waals surface area contributed by atoms with Crippen LogP contribution in [0.25, 0.3) is 0 Å². The van der Waals surface area contributed by atoms with Crippen molar-refractivity contribution in [1.82, 2.24) is 10.7 Å². The van der Waals surface area contributed by atoms with Crippen molar-refractivity contribution in [2.75, 3.05) is 13.1 Å². The quantitative estimate of drug-likeness (QED) is 0.232. The highest BCUT2D eigenvalue weighted by molar-refractivity contribution is 5.85. The summed E-state index contributed by atoms with van der Waals surface area (Å²) in [6, 6.07) is 8.92. The molecule has 1 fully saturated rings. The average molecular weight is 380 g/mol. The Morgan fingerprint density at radius 2 is 1.93 bits per heavy atom. The van der Waals surface area contributed by atoms with Crippen LogP contribution in [0.5, 0.6) is 0 Å². The topological polar surface area (TPSA) is 126 Å². The third-order valence-corrected chi connectivity index (χ3v) is 4.47. The lowest BCUT2D eigenvalue weighted by Crippen LogP contribution is -2.35. The third kappa shape index (κ3) is 9.40. The van der Waals surface area contributed by atoms with Crippen molar-refractivity contribution in [3.05, 3.63) is 35.4 Å². The van der Waals surface area contributed by atoms with Gasteiger partial charge in [0.25, 0.3) is 0 Å². The predicted molar refractivity (Wildman–Crippen MR) is 112 cm³/mol. The number of benzene rings is 1.